The van der Waals surface area contributed by atoms with Crippen LogP contribution in [0.1, 0.15) is 35.7 Å². The number of hydrogen-bond acceptors (Lipinski definition) is 4. The van der Waals surface area contributed by atoms with Gasteiger partial charge in [0.1, 0.15) is 0 Å². The zero-order valence-corrected chi connectivity index (χ0v) is 13.5. The maximum Gasteiger partial charge on any atom is 0.256 e. The molecule has 1 aliphatic rings. The molecule has 0 aliphatic carbocycles. The maximum atomic E-state index is 13.1. The molecule has 122 valence electrons. The third kappa shape index (κ3) is 2.99. The van der Waals surface area contributed by atoms with Gasteiger partial charge in [-0.1, -0.05) is 11.6 Å². The van der Waals surface area contributed by atoms with Crippen molar-refractivity contribution >= 4 is 5.91 Å². The van der Waals surface area contributed by atoms with Gasteiger partial charge in [-0.3, -0.25) is 4.79 Å². The minimum atomic E-state index is -0.0216. The molecule has 2 atom stereocenters. The molecule has 1 fully saturated rings. The van der Waals surface area contributed by atoms with E-state index in [4.69, 9.17) is 0 Å². The number of carbonyl (C=O) groups is 1. The van der Waals surface area contributed by atoms with Crippen LogP contribution < -0.4 is 0 Å². The van der Waals surface area contributed by atoms with Crippen molar-refractivity contribution in [3.63, 3.8) is 0 Å². The van der Waals surface area contributed by atoms with E-state index in [1.165, 1.54) is 4.80 Å². The van der Waals surface area contributed by atoms with Crippen LogP contribution in [0.5, 0.6) is 0 Å². The Balaban J connectivity index is 1.97. The van der Waals surface area contributed by atoms with E-state index in [0.717, 1.165) is 24.9 Å². The Bertz CT molecular complexity index is 684. The quantitative estimate of drug-likeness (QED) is 0.938. The zero-order chi connectivity index (χ0) is 16.4. The molecule has 3 rings (SSSR count). The average molecular weight is 314 g/mol. The molecule has 2 aromatic rings. The molecular formula is C17H22N4O2. The van der Waals surface area contributed by atoms with Gasteiger partial charge in [-0.15, -0.1) is 0 Å². The molecule has 1 aromatic heterocycles. The summed E-state index contributed by atoms with van der Waals surface area (Å²) in [5, 5.41) is 17.8. The number of aliphatic hydroxyl groups excluding tert-OH is 1. The molecule has 23 heavy (non-hydrogen) atoms. The summed E-state index contributed by atoms with van der Waals surface area (Å²) in [6.07, 6.45) is 5.07. The van der Waals surface area contributed by atoms with Crippen molar-refractivity contribution in [3.8, 4) is 5.69 Å². The average Bonchev–Trinajstić information content (AvgIpc) is 3.08. The predicted molar refractivity (Wildman–Crippen MR) is 86.4 cm³/mol. The molecule has 6 nitrogen and oxygen atoms in total. The van der Waals surface area contributed by atoms with Gasteiger partial charge in [-0.2, -0.15) is 15.0 Å². The molecule has 0 radical (unpaired) electrons. The third-order valence-corrected chi connectivity index (χ3v) is 4.66. The first kappa shape index (κ1) is 15.7. The lowest BCUT2D eigenvalue weighted by Gasteiger charge is -2.39. The SMILES string of the molecule is Cc1ccc(-n2nccn2)c(C(=O)N2CCCC(CO)C2C)c1. The number of aromatic nitrogens is 3. The van der Waals surface area contributed by atoms with E-state index < -0.39 is 0 Å². The molecule has 6 heteroatoms. The number of aliphatic hydroxyl groups is 1. The fourth-order valence-electron chi connectivity index (χ4n) is 3.24. The van der Waals surface area contributed by atoms with E-state index in [1.54, 1.807) is 12.4 Å². The van der Waals surface area contributed by atoms with E-state index in [1.807, 2.05) is 36.9 Å². The Kier molecular flexibility index (Phi) is 4.43. The van der Waals surface area contributed by atoms with Crippen molar-refractivity contribution < 1.29 is 9.90 Å². The molecule has 2 heterocycles. The number of carbonyl (C=O) groups excluding carboxylic acids is 1. The summed E-state index contributed by atoms with van der Waals surface area (Å²) < 4.78 is 0. The Hall–Kier alpha value is -2.21. The number of benzene rings is 1. The molecule has 0 saturated carbocycles. The number of rotatable bonds is 3. The molecule has 1 N–H and O–H groups in total. The molecule has 1 amide bonds. The lowest BCUT2D eigenvalue weighted by atomic mass is 9.90. The van der Waals surface area contributed by atoms with Crippen LogP contribution >= 0.6 is 0 Å². The number of likely N-dealkylation sites (tertiary alicyclic amines) is 1. The summed E-state index contributed by atoms with van der Waals surface area (Å²) in [7, 11) is 0. The normalized spacial score (nSPS) is 21.4. The van der Waals surface area contributed by atoms with Gasteiger partial charge in [-0.05, 0) is 38.8 Å². The lowest BCUT2D eigenvalue weighted by Crippen LogP contribution is -2.48. The highest BCUT2D eigenvalue weighted by Gasteiger charge is 2.32. The summed E-state index contributed by atoms with van der Waals surface area (Å²) in [6, 6.07) is 5.74. The smallest absolute Gasteiger partial charge is 0.256 e. The third-order valence-electron chi connectivity index (χ3n) is 4.66. The van der Waals surface area contributed by atoms with Crippen LogP contribution in [0.4, 0.5) is 0 Å². The number of hydrogen-bond donors (Lipinski definition) is 1. The first-order valence-electron chi connectivity index (χ1n) is 8.01. The van der Waals surface area contributed by atoms with Crippen molar-refractivity contribution in [2.75, 3.05) is 13.2 Å². The Labute approximate surface area is 135 Å². The maximum absolute atomic E-state index is 13.1. The summed E-state index contributed by atoms with van der Waals surface area (Å²) in [6.45, 7) is 4.82. The van der Waals surface area contributed by atoms with Crippen LogP contribution in [0.25, 0.3) is 5.69 Å². The summed E-state index contributed by atoms with van der Waals surface area (Å²) >= 11 is 0. The van der Waals surface area contributed by atoms with Crippen molar-refractivity contribution in [1.82, 2.24) is 19.9 Å². The first-order chi connectivity index (χ1) is 11.1. The molecule has 1 saturated heterocycles. The standard InChI is InChI=1S/C17H22N4O2/c1-12-5-6-16(21-18-7-8-19-21)15(10-12)17(23)20-9-3-4-14(11-22)13(20)2/h5-8,10,13-14,22H,3-4,9,11H2,1-2H3. The monoisotopic (exact) mass is 314 g/mol. The van der Waals surface area contributed by atoms with Crippen LogP contribution in [0, 0.1) is 12.8 Å². The fraction of sp³-hybridized carbons (Fsp3) is 0.471. The molecule has 0 bridgehead atoms. The van der Waals surface area contributed by atoms with Crippen molar-refractivity contribution in [3.05, 3.63) is 41.7 Å². The van der Waals surface area contributed by atoms with Gasteiger partial charge >= 0.3 is 0 Å². The van der Waals surface area contributed by atoms with Gasteiger partial charge in [0.25, 0.3) is 5.91 Å². The van der Waals surface area contributed by atoms with E-state index in [2.05, 4.69) is 10.2 Å². The minimum absolute atomic E-state index is 0.0216. The van der Waals surface area contributed by atoms with Crippen molar-refractivity contribution in [2.24, 2.45) is 5.92 Å². The van der Waals surface area contributed by atoms with Gasteiger partial charge < -0.3 is 10.0 Å². The largest absolute Gasteiger partial charge is 0.396 e. The number of aryl methyl sites for hydroxylation is 1. The van der Waals surface area contributed by atoms with E-state index in [9.17, 15) is 9.90 Å². The second-order valence-corrected chi connectivity index (χ2v) is 6.16. The van der Waals surface area contributed by atoms with Gasteiger partial charge in [0.2, 0.25) is 0 Å². The minimum Gasteiger partial charge on any atom is -0.396 e. The summed E-state index contributed by atoms with van der Waals surface area (Å²) in [5.74, 6) is 0.121. The van der Waals surface area contributed by atoms with Crippen LogP contribution in [-0.2, 0) is 0 Å². The number of piperidine rings is 1. The van der Waals surface area contributed by atoms with Gasteiger partial charge in [-0.25, -0.2) is 0 Å². The summed E-state index contributed by atoms with van der Waals surface area (Å²) in [4.78, 5) is 16.5. The summed E-state index contributed by atoms with van der Waals surface area (Å²) in [5.41, 5.74) is 2.31. The van der Waals surface area contributed by atoms with Crippen LogP contribution in [0.3, 0.4) is 0 Å². The van der Waals surface area contributed by atoms with Gasteiger partial charge in [0.05, 0.1) is 23.6 Å². The van der Waals surface area contributed by atoms with Crippen molar-refractivity contribution in [1.29, 1.82) is 0 Å². The molecule has 2 unspecified atom stereocenters. The molecular weight excluding hydrogens is 292 g/mol. The molecule has 1 aliphatic heterocycles. The van der Waals surface area contributed by atoms with Crippen LogP contribution in [0.15, 0.2) is 30.6 Å². The van der Waals surface area contributed by atoms with Crippen LogP contribution in [-0.4, -0.2) is 50.1 Å². The van der Waals surface area contributed by atoms with E-state index >= 15 is 0 Å². The second-order valence-electron chi connectivity index (χ2n) is 6.16. The second kappa shape index (κ2) is 6.50. The van der Waals surface area contributed by atoms with E-state index in [-0.39, 0.29) is 24.5 Å². The Morgan fingerprint density at radius 3 is 2.78 bits per heavy atom. The Morgan fingerprint density at radius 2 is 2.09 bits per heavy atom. The molecule has 1 aromatic carbocycles. The topological polar surface area (TPSA) is 71.2 Å². The zero-order valence-electron chi connectivity index (χ0n) is 13.5. The lowest BCUT2D eigenvalue weighted by molar-refractivity contribution is 0.0428. The Morgan fingerprint density at radius 1 is 1.35 bits per heavy atom. The predicted octanol–water partition coefficient (Wildman–Crippen LogP) is 1.81. The fourth-order valence-corrected chi connectivity index (χ4v) is 3.24. The number of nitrogens with zero attached hydrogens (tertiary/aromatic N) is 4. The number of amides is 1. The van der Waals surface area contributed by atoms with Gasteiger partial charge in [0, 0.05) is 25.1 Å². The highest BCUT2D eigenvalue weighted by molar-refractivity contribution is 5.98. The van der Waals surface area contributed by atoms with Crippen LogP contribution in [0.2, 0.25) is 0 Å². The van der Waals surface area contributed by atoms with E-state index in [0.29, 0.717) is 11.3 Å². The first-order valence-corrected chi connectivity index (χ1v) is 8.01. The van der Waals surface area contributed by atoms with Crippen molar-refractivity contribution in [2.45, 2.75) is 32.7 Å². The van der Waals surface area contributed by atoms with Gasteiger partial charge in [0.15, 0.2) is 0 Å². The highest BCUT2D eigenvalue weighted by Crippen LogP contribution is 2.26. The molecule has 0 spiro atoms. The highest BCUT2D eigenvalue weighted by atomic mass is 16.3.